The van der Waals surface area contributed by atoms with E-state index in [-0.39, 0.29) is 11.8 Å². The summed E-state index contributed by atoms with van der Waals surface area (Å²) in [5, 5.41) is 5.69. The Morgan fingerprint density at radius 1 is 1.09 bits per heavy atom. The molecule has 0 saturated heterocycles. The van der Waals surface area contributed by atoms with Gasteiger partial charge in [-0.3, -0.25) is 24.5 Å². The molecule has 0 radical (unpaired) electrons. The summed E-state index contributed by atoms with van der Waals surface area (Å²) in [5.74, 6) is -0.290. The van der Waals surface area contributed by atoms with E-state index in [1.54, 1.807) is 54.4 Å². The summed E-state index contributed by atoms with van der Waals surface area (Å²) in [6, 6.07) is 12.0. The van der Waals surface area contributed by atoms with Crippen molar-refractivity contribution in [3.8, 4) is 0 Å². The highest BCUT2D eigenvalue weighted by molar-refractivity contribution is 6.04. The van der Waals surface area contributed by atoms with E-state index in [1.807, 2.05) is 12.1 Å². The van der Waals surface area contributed by atoms with E-state index in [2.05, 4.69) is 25.6 Å². The summed E-state index contributed by atoms with van der Waals surface area (Å²) in [5.41, 5.74) is 9.02. The maximum absolute atomic E-state index is 12.8. The Morgan fingerprint density at radius 2 is 1.97 bits per heavy atom. The number of carbonyl (C=O) groups is 2. The van der Waals surface area contributed by atoms with Crippen molar-refractivity contribution < 1.29 is 14.3 Å². The smallest absolute Gasteiger partial charge is 0.258 e. The number of imidazole rings is 1. The summed E-state index contributed by atoms with van der Waals surface area (Å²) >= 11 is 0. The summed E-state index contributed by atoms with van der Waals surface area (Å²) < 4.78 is 6.96. The molecule has 0 saturated carbocycles. The molecule has 34 heavy (non-hydrogen) atoms. The van der Waals surface area contributed by atoms with Crippen molar-refractivity contribution in [2.45, 2.75) is 19.5 Å². The van der Waals surface area contributed by atoms with Gasteiger partial charge in [0.25, 0.3) is 11.8 Å². The predicted octanol–water partition coefficient (Wildman–Crippen LogP) is 2.63. The Labute approximate surface area is 196 Å². The Kier molecular flexibility index (Phi) is 7.09. The number of anilines is 2. The molecular formula is C24H25N7O3. The third kappa shape index (κ3) is 5.36. The number of nitrogens with one attached hydrogen (secondary N) is 2. The van der Waals surface area contributed by atoms with Crippen LogP contribution >= 0.6 is 0 Å². The summed E-state index contributed by atoms with van der Waals surface area (Å²) in [6.07, 6.45) is 5.56. The highest BCUT2D eigenvalue weighted by Crippen LogP contribution is 2.21. The van der Waals surface area contributed by atoms with Crippen LogP contribution in [0, 0.1) is 0 Å². The molecule has 0 spiro atoms. The van der Waals surface area contributed by atoms with Crippen LogP contribution < -0.4 is 16.4 Å². The topological polar surface area (TPSA) is 137 Å². The number of nitrogens with two attached hydrogens (primary N) is 1. The van der Waals surface area contributed by atoms with Crippen LogP contribution in [0.5, 0.6) is 0 Å². The number of hydrogen-bond donors (Lipinski definition) is 3. The zero-order valence-electron chi connectivity index (χ0n) is 18.7. The molecule has 0 fully saturated rings. The minimum absolute atomic E-state index is 0.280. The van der Waals surface area contributed by atoms with Crippen LogP contribution in [0.4, 0.5) is 11.6 Å². The molecule has 174 valence electrons. The van der Waals surface area contributed by atoms with Gasteiger partial charge in [-0.1, -0.05) is 12.1 Å². The Bertz CT molecular complexity index is 1300. The SMILES string of the molecule is COCCCn1c(NC(=O)c2cccc(N)c2)nc2cc(C(=O)NCc3cccnc3)cnc21. The van der Waals surface area contributed by atoms with Crippen LogP contribution in [0.3, 0.4) is 0 Å². The van der Waals surface area contributed by atoms with Gasteiger partial charge in [0, 0.05) is 56.6 Å². The second-order valence-electron chi connectivity index (χ2n) is 7.62. The number of benzene rings is 1. The molecular weight excluding hydrogens is 434 g/mol. The van der Waals surface area contributed by atoms with Gasteiger partial charge in [-0.25, -0.2) is 9.97 Å². The van der Waals surface area contributed by atoms with E-state index in [9.17, 15) is 9.59 Å². The van der Waals surface area contributed by atoms with Gasteiger partial charge in [0.05, 0.1) is 5.56 Å². The molecule has 10 heteroatoms. The van der Waals surface area contributed by atoms with Crippen molar-refractivity contribution in [1.82, 2.24) is 24.8 Å². The molecule has 0 atom stereocenters. The molecule has 0 unspecified atom stereocenters. The second kappa shape index (κ2) is 10.5. The molecule has 4 N–H and O–H groups in total. The fraction of sp³-hybridized carbons (Fsp3) is 0.208. The number of aromatic nitrogens is 4. The number of pyridine rings is 2. The molecule has 4 aromatic rings. The molecule has 0 bridgehead atoms. The number of methoxy groups -OCH3 is 1. The first-order valence-corrected chi connectivity index (χ1v) is 10.7. The Morgan fingerprint density at radius 3 is 2.74 bits per heavy atom. The highest BCUT2D eigenvalue weighted by atomic mass is 16.5. The lowest BCUT2D eigenvalue weighted by atomic mass is 10.2. The molecule has 2 amide bonds. The van der Waals surface area contributed by atoms with Gasteiger partial charge in [-0.15, -0.1) is 0 Å². The third-order valence-electron chi connectivity index (χ3n) is 5.13. The van der Waals surface area contributed by atoms with Crippen LogP contribution in [-0.4, -0.2) is 45.1 Å². The molecule has 0 aliphatic rings. The molecule has 3 aromatic heterocycles. The number of nitrogens with zero attached hydrogens (tertiary/aromatic N) is 4. The van der Waals surface area contributed by atoms with Gasteiger partial charge in [-0.2, -0.15) is 0 Å². The third-order valence-corrected chi connectivity index (χ3v) is 5.13. The number of hydrogen-bond acceptors (Lipinski definition) is 7. The zero-order chi connectivity index (χ0) is 23.9. The average molecular weight is 460 g/mol. The van der Waals surface area contributed by atoms with Crippen LogP contribution in [-0.2, 0) is 17.8 Å². The van der Waals surface area contributed by atoms with E-state index < -0.39 is 0 Å². The number of fused-ring (bicyclic) bond motifs is 1. The van der Waals surface area contributed by atoms with Crippen LogP contribution in [0.1, 0.15) is 32.7 Å². The van der Waals surface area contributed by atoms with Gasteiger partial charge in [-0.05, 0) is 42.3 Å². The number of carbonyl (C=O) groups excluding carboxylic acids is 2. The lowest BCUT2D eigenvalue weighted by Gasteiger charge is -2.10. The largest absolute Gasteiger partial charge is 0.399 e. The normalized spacial score (nSPS) is 10.9. The van der Waals surface area contributed by atoms with Crippen molar-refractivity contribution in [3.63, 3.8) is 0 Å². The summed E-state index contributed by atoms with van der Waals surface area (Å²) in [4.78, 5) is 38.5. The minimum Gasteiger partial charge on any atom is -0.399 e. The molecule has 0 aliphatic carbocycles. The summed E-state index contributed by atoms with van der Waals surface area (Å²) in [6.45, 7) is 1.41. The lowest BCUT2D eigenvalue weighted by molar-refractivity contribution is 0.0949. The number of nitrogen functional groups attached to an aromatic ring is 1. The quantitative estimate of drug-likeness (QED) is 0.258. The van der Waals surface area contributed by atoms with E-state index in [1.165, 1.54) is 6.20 Å². The first kappa shape index (κ1) is 22.9. The fourth-order valence-corrected chi connectivity index (χ4v) is 3.45. The van der Waals surface area contributed by atoms with E-state index in [0.717, 1.165) is 5.56 Å². The second-order valence-corrected chi connectivity index (χ2v) is 7.62. The van der Waals surface area contributed by atoms with Gasteiger partial charge in [0.2, 0.25) is 5.95 Å². The number of amides is 2. The van der Waals surface area contributed by atoms with Crippen molar-refractivity contribution in [2.75, 3.05) is 24.8 Å². The maximum Gasteiger partial charge on any atom is 0.258 e. The monoisotopic (exact) mass is 459 g/mol. The summed E-state index contributed by atoms with van der Waals surface area (Å²) in [7, 11) is 1.63. The Hall–Kier alpha value is -4.31. The highest BCUT2D eigenvalue weighted by Gasteiger charge is 2.17. The fourth-order valence-electron chi connectivity index (χ4n) is 3.45. The van der Waals surface area contributed by atoms with Crippen LogP contribution in [0.15, 0.2) is 61.1 Å². The molecule has 4 rings (SSSR count). The van der Waals surface area contributed by atoms with Gasteiger partial charge >= 0.3 is 0 Å². The predicted molar refractivity (Wildman–Crippen MR) is 128 cm³/mol. The van der Waals surface area contributed by atoms with Crippen molar-refractivity contribution in [3.05, 3.63) is 77.7 Å². The lowest BCUT2D eigenvalue weighted by Crippen LogP contribution is -2.23. The number of aryl methyl sites for hydroxylation is 1. The number of ether oxygens (including phenoxy) is 1. The molecule has 10 nitrogen and oxygen atoms in total. The van der Waals surface area contributed by atoms with Gasteiger partial charge in [0.15, 0.2) is 5.65 Å². The molecule has 0 aliphatic heterocycles. The first-order chi connectivity index (χ1) is 16.5. The maximum atomic E-state index is 12.8. The Balaban J connectivity index is 1.58. The minimum atomic E-state index is -0.343. The standard InChI is InChI=1S/C24H25N7O3/c1-34-10-4-9-31-21-20(29-24(31)30-23(33)17-6-2-7-19(25)11-17)12-18(15-27-21)22(32)28-14-16-5-3-8-26-13-16/h2-3,5-8,11-13,15H,4,9-10,14,25H2,1H3,(H,28,32)(H,29,30,33). The van der Waals surface area contributed by atoms with Crippen molar-refractivity contribution in [1.29, 1.82) is 0 Å². The van der Waals surface area contributed by atoms with Crippen molar-refractivity contribution in [2.24, 2.45) is 0 Å². The van der Waals surface area contributed by atoms with Gasteiger partial charge < -0.3 is 15.8 Å². The molecule has 3 heterocycles. The van der Waals surface area contributed by atoms with E-state index >= 15 is 0 Å². The zero-order valence-corrected chi connectivity index (χ0v) is 18.7. The van der Waals surface area contributed by atoms with Crippen LogP contribution in [0.2, 0.25) is 0 Å². The van der Waals surface area contributed by atoms with Gasteiger partial charge in [0.1, 0.15) is 5.52 Å². The first-order valence-electron chi connectivity index (χ1n) is 10.7. The number of rotatable bonds is 9. The van der Waals surface area contributed by atoms with E-state index in [4.69, 9.17) is 10.5 Å². The van der Waals surface area contributed by atoms with E-state index in [0.29, 0.717) is 60.0 Å². The molecule has 1 aromatic carbocycles. The van der Waals surface area contributed by atoms with Crippen LogP contribution in [0.25, 0.3) is 11.2 Å². The van der Waals surface area contributed by atoms with Crippen molar-refractivity contribution >= 4 is 34.6 Å². The average Bonchev–Trinajstić information content (AvgIpc) is 3.19.